The van der Waals surface area contributed by atoms with Gasteiger partial charge in [-0.25, -0.2) is 9.97 Å². The van der Waals surface area contributed by atoms with Crippen LogP contribution in [0.1, 0.15) is 0 Å². The fourth-order valence-corrected chi connectivity index (χ4v) is 7.84. The van der Waals surface area contributed by atoms with E-state index in [2.05, 4.69) is 126 Å². The van der Waals surface area contributed by atoms with Crippen molar-refractivity contribution < 1.29 is 8.83 Å². The molecule has 0 aliphatic carbocycles. The molecular weight excluding hydrogens is 687 g/mol. The predicted molar refractivity (Wildman–Crippen MR) is 227 cm³/mol. The van der Waals surface area contributed by atoms with Crippen molar-refractivity contribution in [2.45, 2.75) is 0 Å². The van der Waals surface area contributed by atoms with E-state index < -0.39 is 0 Å². The third-order valence-electron chi connectivity index (χ3n) is 10.6. The number of aromatic nitrogens is 3. The molecule has 0 spiro atoms. The summed E-state index contributed by atoms with van der Waals surface area (Å²) in [7, 11) is 0. The van der Waals surface area contributed by atoms with Gasteiger partial charge < -0.3 is 8.83 Å². The molecule has 7 aromatic carbocycles. The van der Waals surface area contributed by atoms with E-state index >= 15 is 0 Å². The van der Waals surface area contributed by atoms with Gasteiger partial charge in [0.2, 0.25) is 0 Å². The number of hydrogen-bond donors (Lipinski definition) is 0. The Balaban J connectivity index is 1.02. The summed E-state index contributed by atoms with van der Waals surface area (Å²) in [4.78, 5) is 14.8. The fraction of sp³-hybridized carbons (Fsp3) is 0. The number of furan rings is 2. The van der Waals surface area contributed by atoms with Crippen molar-refractivity contribution in [3.63, 3.8) is 0 Å². The number of fused-ring (bicyclic) bond motifs is 6. The SMILES string of the molecule is c1ccc(-c2cc(-c3cccc(-c4ccccn4)c3)nc(-c3ccc(-c4ccc(-c5ccc6oc7ccccc7c6c5)c5oc6ccccc6c45)cc3)n2)cc1. The molecule has 5 heteroatoms. The van der Waals surface area contributed by atoms with Crippen molar-refractivity contribution in [1.82, 2.24) is 15.0 Å². The summed E-state index contributed by atoms with van der Waals surface area (Å²) in [5, 5.41) is 4.35. The van der Waals surface area contributed by atoms with Crippen LogP contribution < -0.4 is 0 Å². The van der Waals surface area contributed by atoms with Gasteiger partial charge in [-0.05, 0) is 71.3 Å². The van der Waals surface area contributed by atoms with E-state index in [1.54, 1.807) is 0 Å². The Hall–Kier alpha value is -7.63. The van der Waals surface area contributed by atoms with E-state index in [4.69, 9.17) is 18.8 Å². The van der Waals surface area contributed by atoms with Crippen molar-refractivity contribution >= 4 is 43.9 Å². The second-order valence-electron chi connectivity index (χ2n) is 14.0. The number of pyridine rings is 1. The zero-order valence-corrected chi connectivity index (χ0v) is 30.1. The Morgan fingerprint density at radius 2 is 0.964 bits per heavy atom. The number of benzene rings is 7. The molecule has 4 heterocycles. The zero-order valence-electron chi connectivity index (χ0n) is 30.1. The van der Waals surface area contributed by atoms with E-state index in [1.165, 1.54) is 0 Å². The second-order valence-corrected chi connectivity index (χ2v) is 14.0. The van der Waals surface area contributed by atoms with Crippen LogP contribution in [0, 0.1) is 0 Å². The first-order chi connectivity index (χ1) is 27.7. The molecule has 0 aliphatic heterocycles. The number of nitrogens with zero attached hydrogens (tertiary/aromatic N) is 3. The van der Waals surface area contributed by atoms with Gasteiger partial charge in [-0.2, -0.15) is 0 Å². The molecule has 0 fully saturated rings. The van der Waals surface area contributed by atoms with Crippen molar-refractivity contribution in [1.29, 1.82) is 0 Å². The summed E-state index contributed by atoms with van der Waals surface area (Å²) in [6.45, 7) is 0. The molecular formula is C51H31N3O2. The summed E-state index contributed by atoms with van der Waals surface area (Å²) < 4.78 is 12.8. The van der Waals surface area contributed by atoms with Crippen LogP contribution in [-0.4, -0.2) is 15.0 Å². The van der Waals surface area contributed by atoms with Crippen molar-refractivity contribution in [2.75, 3.05) is 0 Å². The summed E-state index contributed by atoms with van der Waals surface area (Å²) in [6, 6.07) is 62.5. The number of hydrogen-bond acceptors (Lipinski definition) is 5. The third kappa shape index (κ3) is 5.45. The van der Waals surface area contributed by atoms with E-state index in [1.807, 2.05) is 66.9 Å². The summed E-state index contributed by atoms with van der Waals surface area (Å²) >= 11 is 0. The smallest absolute Gasteiger partial charge is 0.160 e. The molecule has 11 rings (SSSR count). The first-order valence-corrected chi connectivity index (χ1v) is 18.7. The number of rotatable bonds is 6. The Morgan fingerprint density at radius 3 is 1.77 bits per heavy atom. The highest BCUT2D eigenvalue weighted by molar-refractivity contribution is 6.17. The molecule has 0 unspecified atom stereocenters. The van der Waals surface area contributed by atoms with E-state index in [0.29, 0.717) is 5.82 Å². The molecule has 4 aromatic heterocycles. The van der Waals surface area contributed by atoms with E-state index in [0.717, 1.165) is 105 Å². The van der Waals surface area contributed by atoms with Crippen LogP contribution in [0.15, 0.2) is 197 Å². The highest BCUT2D eigenvalue weighted by Crippen LogP contribution is 2.43. The van der Waals surface area contributed by atoms with Crippen molar-refractivity contribution in [3.05, 3.63) is 188 Å². The normalized spacial score (nSPS) is 11.6. The molecule has 0 N–H and O–H groups in total. The average molecular weight is 718 g/mol. The van der Waals surface area contributed by atoms with Gasteiger partial charge in [0.15, 0.2) is 5.82 Å². The van der Waals surface area contributed by atoms with Gasteiger partial charge in [-0.1, -0.05) is 127 Å². The summed E-state index contributed by atoms with van der Waals surface area (Å²) in [6.07, 6.45) is 1.82. The third-order valence-corrected chi connectivity index (χ3v) is 10.6. The second kappa shape index (κ2) is 13.0. The molecule has 0 aliphatic rings. The van der Waals surface area contributed by atoms with Gasteiger partial charge in [-0.15, -0.1) is 0 Å². The summed E-state index contributed by atoms with van der Waals surface area (Å²) in [5.74, 6) is 0.660. The Kier molecular flexibility index (Phi) is 7.42. The Bertz CT molecular complexity index is 3240. The first kappa shape index (κ1) is 31.9. The van der Waals surface area contributed by atoms with Gasteiger partial charge in [0, 0.05) is 55.6 Å². The topological polar surface area (TPSA) is 65.0 Å². The molecule has 0 radical (unpaired) electrons. The highest BCUT2D eigenvalue weighted by atomic mass is 16.3. The van der Waals surface area contributed by atoms with Crippen molar-refractivity contribution in [2.24, 2.45) is 0 Å². The Labute approximate surface area is 322 Å². The molecule has 0 saturated carbocycles. The van der Waals surface area contributed by atoms with Gasteiger partial charge in [-0.3, -0.25) is 4.98 Å². The average Bonchev–Trinajstić information content (AvgIpc) is 3.85. The lowest BCUT2D eigenvalue weighted by Crippen LogP contribution is -1.96. The van der Waals surface area contributed by atoms with Crippen LogP contribution in [0.3, 0.4) is 0 Å². The lowest BCUT2D eigenvalue weighted by molar-refractivity contribution is 0.668. The molecule has 0 saturated heterocycles. The number of para-hydroxylation sites is 2. The maximum Gasteiger partial charge on any atom is 0.160 e. The highest BCUT2D eigenvalue weighted by Gasteiger charge is 2.19. The minimum atomic E-state index is 0.660. The first-order valence-electron chi connectivity index (χ1n) is 18.7. The van der Waals surface area contributed by atoms with Crippen LogP contribution in [-0.2, 0) is 0 Å². The van der Waals surface area contributed by atoms with Crippen LogP contribution in [0.5, 0.6) is 0 Å². The zero-order chi connectivity index (χ0) is 37.0. The largest absolute Gasteiger partial charge is 0.456 e. The maximum absolute atomic E-state index is 6.67. The molecule has 0 atom stereocenters. The van der Waals surface area contributed by atoms with E-state index in [-0.39, 0.29) is 0 Å². The Morgan fingerprint density at radius 1 is 0.339 bits per heavy atom. The quantitative estimate of drug-likeness (QED) is 0.171. The van der Waals surface area contributed by atoms with Gasteiger partial charge in [0.25, 0.3) is 0 Å². The molecule has 0 bridgehead atoms. The molecule has 56 heavy (non-hydrogen) atoms. The van der Waals surface area contributed by atoms with Gasteiger partial charge in [0.05, 0.1) is 17.1 Å². The van der Waals surface area contributed by atoms with Gasteiger partial charge in [0.1, 0.15) is 22.3 Å². The van der Waals surface area contributed by atoms with E-state index in [9.17, 15) is 0 Å². The molecule has 262 valence electrons. The van der Waals surface area contributed by atoms with Crippen LogP contribution in [0.4, 0.5) is 0 Å². The maximum atomic E-state index is 6.67. The van der Waals surface area contributed by atoms with Crippen LogP contribution in [0.25, 0.3) is 111 Å². The summed E-state index contributed by atoms with van der Waals surface area (Å²) in [5.41, 5.74) is 14.4. The molecule has 5 nitrogen and oxygen atoms in total. The molecule has 11 aromatic rings. The molecule has 0 amide bonds. The minimum absolute atomic E-state index is 0.660. The standard InChI is InChI=1S/C51H31N3O2/c1-2-11-33(12-3-1)44-31-45(37-14-10-13-36(29-37)43-17-8-9-28-52-43)54-51(53-44)34-22-20-32(21-23-34)38-25-26-39(50-49(38)41-16-5-7-19-47(41)56-50)35-24-27-48-42(30-35)40-15-4-6-18-46(40)55-48/h1-31H. The fourth-order valence-electron chi connectivity index (χ4n) is 7.84. The lowest BCUT2D eigenvalue weighted by atomic mass is 9.93. The monoisotopic (exact) mass is 717 g/mol. The van der Waals surface area contributed by atoms with Crippen LogP contribution >= 0.6 is 0 Å². The lowest BCUT2D eigenvalue weighted by Gasteiger charge is -2.12. The van der Waals surface area contributed by atoms with Crippen molar-refractivity contribution in [3.8, 4) is 67.4 Å². The minimum Gasteiger partial charge on any atom is -0.456 e. The predicted octanol–water partition coefficient (Wildman–Crippen LogP) is 13.7. The van der Waals surface area contributed by atoms with Crippen LogP contribution in [0.2, 0.25) is 0 Å². The van der Waals surface area contributed by atoms with Gasteiger partial charge >= 0.3 is 0 Å².